The first kappa shape index (κ1) is 17.7. The van der Waals surface area contributed by atoms with Crippen LogP contribution in [0.25, 0.3) is 0 Å². The summed E-state index contributed by atoms with van der Waals surface area (Å²) in [6.07, 6.45) is 7.79. The van der Waals surface area contributed by atoms with Crippen molar-refractivity contribution in [1.29, 1.82) is 0 Å². The van der Waals surface area contributed by atoms with Crippen molar-refractivity contribution in [3.63, 3.8) is 0 Å². The lowest BCUT2D eigenvalue weighted by molar-refractivity contribution is -0.140. The third kappa shape index (κ3) is 2.88. The van der Waals surface area contributed by atoms with E-state index >= 15 is 0 Å². The largest absolute Gasteiger partial charge is 0.490 e. The summed E-state index contributed by atoms with van der Waals surface area (Å²) in [6, 6.07) is 5.74. The van der Waals surface area contributed by atoms with Crippen molar-refractivity contribution in [2.24, 2.45) is 28.8 Å². The molecule has 3 aliphatic rings. The van der Waals surface area contributed by atoms with E-state index in [0.29, 0.717) is 0 Å². The van der Waals surface area contributed by atoms with E-state index in [1.807, 2.05) is 25.1 Å². The minimum absolute atomic E-state index is 0.153. The minimum Gasteiger partial charge on any atom is -0.490 e. The van der Waals surface area contributed by atoms with E-state index in [1.165, 1.54) is 0 Å². The van der Waals surface area contributed by atoms with E-state index in [-0.39, 0.29) is 41.6 Å². The van der Waals surface area contributed by atoms with Crippen LogP contribution in [-0.4, -0.2) is 29.1 Å². The average Bonchev–Trinajstić information content (AvgIpc) is 3.30. The van der Waals surface area contributed by atoms with Gasteiger partial charge in [0.25, 0.3) is 11.8 Å². The van der Waals surface area contributed by atoms with E-state index in [9.17, 15) is 9.59 Å². The third-order valence-corrected chi connectivity index (χ3v) is 6.47. The fourth-order valence-electron chi connectivity index (χ4n) is 4.12. The van der Waals surface area contributed by atoms with Crippen LogP contribution in [0.15, 0.2) is 35.5 Å². The number of benzene rings is 1. The molecule has 26 heavy (non-hydrogen) atoms. The number of ether oxygens (including phenoxy) is 1. The molecule has 5 atom stereocenters. The molecule has 0 radical (unpaired) electrons. The van der Waals surface area contributed by atoms with Crippen LogP contribution in [0.3, 0.4) is 0 Å². The summed E-state index contributed by atoms with van der Waals surface area (Å²) in [4.78, 5) is 25.2. The van der Waals surface area contributed by atoms with Crippen LogP contribution in [-0.2, 0) is 9.59 Å². The molecule has 136 valence electrons. The summed E-state index contributed by atoms with van der Waals surface area (Å²) in [5, 5.41) is 5.30. The zero-order chi connectivity index (χ0) is 18.4. The Bertz CT molecular complexity index is 789. The fraction of sp³-hybridized carbons (Fsp3) is 0.450. The Balaban J connectivity index is 1.49. The predicted octanol–water partition coefficient (Wildman–Crippen LogP) is 3.61. The van der Waals surface area contributed by atoms with Gasteiger partial charge in [-0.3, -0.25) is 9.59 Å². The van der Waals surface area contributed by atoms with Gasteiger partial charge in [0.15, 0.2) is 0 Å². The zero-order valence-corrected chi connectivity index (χ0v) is 16.9. The SMILES string of the molecule is CC[C@@H](C)Oc1ccc(C=NN2C(=O)[C@@H]3[C@H](C2=O)[C@H]2C=C[C@H]3C2)cc1I. The van der Waals surface area contributed by atoms with Crippen molar-refractivity contribution in [3.05, 3.63) is 39.5 Å². The highest BCUT2D eigenvalue weighted by Crippen LogP contribution is 2.52. The highest BCUT2D eigenvalue weighted by Gasteiger charge is 2.59. The van der Waals surface area contributed by atoms with Crippen molar-refractivity contribution >= 4 is 40.6 Å². The maximum absolute atomic E-state index is 12.6. The van der Waals surface area contributed by atoms with Crippen molar-refractivity contribution < 1.29 is 14.3 Å². The number of hydrogen-bond donors (Lipinski definition) is 0. The predicted molar refractivity (Wildman–Crippen MR) is 107 cm³/mol. The Morgan fingerprint density at radius 2 is 1.92 bits per heavy atom. The minimum atomic E-state index is -0.207. The van der Waals surface area contributed by atoms with Crippen LogP contribution in [0.5, 0.6) is 5.75 Å². The zero-order valence-electron chi connectivity index (χ0n) is 14.8. The Kier molecular flexibility index (Phi) is 4.62. The van der Waals surface area contributed by atoms with E-state index < -0.39 is 0 Å². The molecule has 0 unspecified atom stereocenters. The van der Waals surface area contributed by atoms with Gasteiger partial charge in [0.1, 0.15) is 5.75 Å². The summed E-state index contributed by atoms with van der Waals surface area (Å²) in [5.74, 6) is 0.531. The molecule has 2 aliphatic carbocycles. The van der Waals surface area contributed by atoms with E-state index in [0.717, 1.165) is 32.7 Å². The molecule has 4 rings (SSSR count). The molecule has 1 aliphatic heterocycles. The monoisotopic (exact) mass is 464 g/mol. The van der Waals surface area contributed by atoms with Crippen LogP contribution in [0.1, 0.15) is 32.3 Å². The number of rotatable bonds is 5. The fourth-order valence-corrected chi connectivity index (χ4v) is 4.78. The molecule has 2 fully saturated rings. The smallest absolute Gasteiger partial charge is 0.254 e. The first-order valence-corrected chi connectivity index (χ1v) is 10.1. The second-order valence-corrected chi connectivity index (χ2v) is 8.42. The number of carbonyl (C=O) groups excluding carboxylic acids is 2. The normalized spacial score (nSPS) is 30.5. The number of halogens is 1. The molecule has 1 saturated heterocycles. The molecule has 0 aromatic heterocycles. The third-order valence-electron chi connectivity index (χ3n) is 5.63. The van der Waals surface area contributed by atoms with Crippen LogP contribution < -0.4 is 4.74 Å². The van der Waals surface area contributed by atoms with Gasteiger partial charge in [0.2, 0.25) is 0 Å². The van der Waals surface area contributed by atoms with Crippen molar-refractivity contribution in [2.45, 2.75) is 32.8 Å². The standard InChI is InChI=1S/C20H21IN2O3/c1-3-11(2)26-16-7-4-12(8-15(16)21)10-22-23-19(24)17-13-5-6-14(9-13)18(17)20(23)25/h4-8,10-11,13-14,17-18H,3,9H2,1-2H3/t11-,13+,14+,17-,18+/m1/s1. The van der Waals surface area contributed by atoms with Gasteiger partial charge in [0.05, 0.1) is 27.7 Å². The van der Waals surface area contributed by atoms with Gasteiger partial charge in [0, 0.05) is 0 Å². The highest BCUT2D eigenvalue weighted by atomic mass is 127. The van der Waals surface area contributed by atoms with Gasteiger partial charge in [-0.1, -0.05) is 19.1 Å². The van der Waals surface area contributed by atoms with Crippen LogP contribution >= 0.6 is 22.6 Å². The van der Waals surface area contributed by atoms with Crippen LogP contribution in [0.2, 0.25) is 0 Å². The van der Waals surface area contributed by atoms with Crippen molar-refractivity contribution in [1.82, 2.24) is 5.01 Å². The first-order chi connectivity index (χ1) is 12.5. The van der Waals surface area contributed by atoms with Crippen LogP contribution in [0, 0.1) is 27.2 Å². The molecule has 1 heterocycles. The highest BCUT2D eigenvalue weighted by molar-refractivity contribution is 14.1. The number of carbonyl (C=O) groups is 2. The number of imide groups is 1. The number of hydrazone groups is 1. The molecule has 1 aromatic rings. The van der Waals surface area contributed by atoms with Gasteiger partial charge in [-0.25, -0.2) is 0 Å². The molecule has 1 aromatic carbocycles. The second kappa shape index (κ2) is 6.79. The molecule has 2 amide bonds. The summed E-state index contributed by atoms with van der Waals surface area (Å²) in [5.41, 5.74) is 0.838. The van der Waals surface area contributed by atoms with Gasteiger partial charge in [-0.05, 0) is 78.0 Å². The maximum atomic E-state index is 12.6. The number of hydrogen-bond acceptors (Lipinski definition) is 4. The molecule has 1 saturated carbocycles. The van der Waals surface area contributed by atoms with Gasteiger partial charge in [-0.2, -0.15) is 10.1 Å². The molecular weight excluding hydrogens is 443 g/mol. The number of allylic oxidation sites excluding steroid dienone is 2. The molecule has 0 spiro atoms. The Hall–Kier alpha value is -1.70. The van der Waals surface area contributed by atoms with Gasteiger partial charge >= 0.3 is 0 Å². The molecule has 2 bridgehead atoms. The number of amides is 2. The molecule has 0 N–H and O–H groups in total. The topological polar surface area (TPSA) is 59.0 Å². The summed E-state index contributed by atoms with van der Waals surface area (Å²) in [6.45, 7) is 4.12. The average molecular weight is 464 g/mol. The van der Waals surface area contributed by atoms with Crippen molar-refractivity contribution in [3.8, 4) is 5.75 Å². The Labute approximate surface area is 166 Å². The molecule has 6 heteroatoms. The lowest BCUT2D eigenvalue weighted by Gasteiger charge is -2.14. The molecule has 5 nitrogen and oxygen atoms in total. The second-order valence-electron chi connectivity index (χ2n) is 7.26. The first-order valence-electron chi connectivity index (χ1n) is 9.06. The van der Waals surface area contributed by atoms with Gasteiger partial charge in [-0.15, -0.1) is 0 Å². The van der Waals surface area contributed by atoms with Gasteiger partial charge < -0.3 is 4.74 Å². The number of fused-ring (bicyclic) bond motifs is 5. The Morgan fingerprint density at radius 3 is 2.50 bits per heavy atom. The number of nitrogens with zero attached hydrogens (tertiary/aromatic N) is 2. The summed E-state index contributed by atoms with van der Waals surface area (Å²) >= 11 is 2.22. The van der Waals surface area contributed by atoms with Crippen molar-refractivity contribution in [2.75, 3.05) is 0 Å². The van der Waals surface area contributed by atoms with Crippen LogP contribution in [0.4, 0.5) is 0 Å². The summed E-state index contributed by atoms with van der Waals surface area (Å²) < 4.78 is 6.84. The lowest BCUT2D eigenvalue weighted by atomic mass is 9.85. The van der Waals surface area contributed by atoms with E-state index in [1.54, 1.807) is 6.21 Å². The van der Waals surface area contributed by atoms with E-state index in [4.69, 9.17) is 4.74 Å². The Morgan fingerprint density at radius 1 is 1.27 bits per heavy atom. The lowest BCUT2D eigenvalue weighted by Crippen LogP contribution is -2.28. The van der Waals surface area contributed by atoms with E-state index in [2.05, 4.69) is 46.8 Å². The molecular formula is C20H21IN2O3. The quantitative estimate of drug-likeness (QED) is 0.290. The maximum Gasteiger partial charge on any atom is 0.254 e. The summed E-state index contributed by atoms with van der Waals surface area (Å²) in [7, 11) is 0.